The second kappa shape index (κ2) is 8.24. The van der Waals surface area contributed by atoms with Crippen molar-refractivity contribution in [3.63, 3.8) is 0 Å². The van der Waals surface area contributed by atoms with Crippen LogP contribution < -0.4 is 10.6 Å². The quantitative estimate of drug-likeness (QED) is 0.680. The molecule has 0 radical (unpaired) electrons. The van der Waals surface area contributed by atoms with Crippen molar-refractivity contribution in [3.05, 3.63) is 88.3 Å². The van der Waals surface area contributed by atoms with Crippen molar-refractivity contribution in [2.24, 2.45) is 0 Å². The Kier molecular flexibility index (Phi) is 5.57. The number of hydrogen-bond donors (Lipinski definition) is 2. The molecule has 0 aliphatic carbocycles. The van der Waals surface area contributed by atoms with Crippen molar-refractivity contribution >= 4 is 23.2 Å². The largest absolute Gasteiger partial charge is 0.467 e. The van der Waals surface area contributed by atoms with Gasteiger partial charge in [0.2, 0.25) is 0 Å². The molecule has 0 saturated heterocycles. The lowest BCUT2D eigenvalue weighted by Crippen LogP contribution is -2.22. The number of furan rings is 1. The van der Waals surface area contributed by atoms with E-state index in [0.29, 0.717) is 40.7 Å². The van der Waals surface area contributed by atoms with E-state index in [-0.39, 0.29) is 5.91 Å². The average Bonchev–Trinajstić information content (AvgIpc) is 3.19. The first-order chi connectivity index (χ1) is 12.7. The molecule has 0 fully saturated rings. The molecule has 0 atom stereocenters. The molecule has 3 rings (SSSR count). The zero-order valence-electron chi connectivity index (χ0n) is 13.8. The van der Waals surface area contributed by atoms with Crippen molar-refractivity contribution in [3.8, 4) is 6.07 Å². The number of anilines is 1. The van der Waals surface area contributed by atoms with Gasteiger partial charge in [-0.3, -0.25) is 4.79 Å². The molecule has 26 heavy (non-hydrogen) atoms. The van der Waals surface area contributed by atoms with Gasteiger partial charge in [-0.25, -0.2) is 0 Å². The molecule has 2 aromatic carbocycles. The Bertz CT molecular complexity index is 946. The second-order valence-electron chi connectivity index (χ2n) is 5.62. The summed E-state index contributed by atoms with van der Waals surface area (Å²) in [6, 6.07) is 18.1. The van der Waals surface area contributed by atoms with Gasteiger partial charge in [-0.05, 0) is 48.0 Å². The van der Waals surface area contributed by atoms with E-state index >= 15 is 0 Å². The van der Waals surface area contributed by atoms with E-state index in [1.54, 1.807) is 42.7 Å². The zero-order valence-corrected chi connectivity index (χ0v) is 14.6. The minimum Gasteiger partial charge on any atom is -0.467 e. The number of nitriles is 1. The van der Waals surface area contributed by atoms with E-state index in [9.17, 15) is 10.1 Å². The Hall–Kier alpha value is -3.23. The first kappa shape index (κ1) is 17.6. The summed E-state index contributed by atoms with van der Waals surface area (Å²) in [7, 11) is 0. The second-order valence-corrected chi connectivity index (χ2v) is 6.05. The van der Waals surface area contributed by atoms with E-state index in [0.717, 1.165) is 5.56 Å². The SMILES string of the molecule is N#Cc1cc(Cl)ccc1NCc1cccc(C(=O)NCc2ccco2)c1. The molecule has 5 nitrogen and oxygen atoms in total. The molecule has 130 valence electrons. The number of rotatable bonds is 6. The first-order valence-electron chi connectivity index (χ1n) is 7.99. The molecule has 6 heteroatoms. The average molecular weight is 366 g/mol. The standard InChI is InChI=1S/C20H16ClN3O2/c21-17-6-7-19(16(10-17)11-22)23-12-14-3-1-4-15(9-14)20(25)24-13-18-5-2-8-26-18/h1-10,23H,12-13H2,(H,24,25). The van der Waals surface area contributed by atoms with Crippen LogP contribution in [0.15, 0.2) is 65.3 Å². The van der Waals surface area contributed by atoms with Crippen molar-refractivity contribution in [2.45, 2.75) is 13.1 Å². The highest BCUT2D eigenvalue weighted by Gasteiger charge is 2.08. The first-order valence-corrected chi connectivity index (χ1v) is 8.36. The summed E-state index contributed by atoms with van der Waals surface area (Å²) in [5.41, 5.74) is 2.66. The van der Waals surface area contributed by atoms with Gasteiger partial charge in [0.1, 0.15) is 11.8 Å². The number of halogens is 1. The Balaban J connectivity index is 1.64. The molecule has 1 amide bonds. The van der Waals surface area contributed by atoms with Crippen LogP contribution in [0.1, 0.15) is 27.2 Å². The number of carbonyl (C=O) groups excluding carboxylic acids is 1. The fraction of sp³-hybridized carbons (Fsp3) is 0.100. The molecule has 0 bridgehead atoms. The summed E-state index contributed by atoms with van der Waals surface area (Å²) in [5.74, 6) is 0.524. The van der Waals surface area contributed by atoms with Gasteiger partial charge < -0.3 is 15.1 Å². The molecule has 1 aromatic heterocycles. The van der Waals surface area contributed by atoms with Crippen LogP contribution >= 0.6 is 11.6 Å². The van der Waals surface area contributed by atoms with E-state index in [2.05, 4.69) is 16.7 Å². The Morgan fingerprint density at radius 1 is 1.12 bits per heavy atom. The third-order valence-electron chi connectivity index (χ3n) is 3.78. The van der Waals surface area contributed by atoms with Crippen LogP contribution in [0.2, 0.25) is 5.02 Å². The summed E-state index contributed by atoms with van der Waals surface area (Å²) in [6.45, 7) is 0.820. The molecule has 2 N–H and O–H groups in total. The van der Waals surface area contributed by atoms with Crippen LogP contribution in [-0.4, -0.2) is 5.91 Å². The van der Waals surface area contributed by atoms with Gasteiger partial charge >= 0.3 is 0 Å². The number of carbonyl (C=O) groups is 1. The fourth-order valence-corrected chi connectivity index (χ4v) is 2.64. The van der Waals surface area contributed by atoms with Gasteiger partial charge in [0.25, 0.3) is 5.91 Å². The van der Waals surface area contributed by atoms with Crippen LogP contribution in [0, 0.1) is 11.3 Å². The maximum absolute atomic E-state index is 12.3. The summed E-state index contributed by atoms with van der Waals surface area (Å²) in [5, 5.41) is 15.7. The third-order valence-corrected chi connectivity index (χ3v) is 4.01. The van der Waals surface area contributed by atoms with Gasteiger partial charge in [0, 0.05) is 17.1 Å². The van der Waals surface area contributed by atoms with E-state index in [1.165, 1.54) is 0 Å². The van der Waals surface area contributed by atoms with Gasteiger partial charge in [-0.1, -0.05) is 23.7 Å². The van der Waals surface area contributed by atoms with E-state index in [4.69, 9.17) is 16.0 Å². The molecule has 3 aromatic rings. The normalized spacial score (nSPS) is 10.2. The van der Waals surface area contributed by atoms with Crippen molar-refractivity contribution < 1.29 is 9.21 Å². The van der Waals surface area contributed by atoms with Crippen LogP contribution in [-0.2, 0) is 13.1 Å². The van der Waals surface area contributed by atoms with Gasteiger partial charge in [-0.15, -0.1) is 0 Å². The Labute approximate surface area is 156 Å². The summed E-state index contributed by atoms with van der Waals surface area (Å²) < 4.78 is 5.20. The van der Waals surface area contributed by atoms with Crippen molar-refractivity contribution in [1.29, 1.82) is 5.26 Å². The Morgan fingerprint density at radius 2 is 2.00 bits per heavy atom. The third kappa shape index (κ3) is 4.44. The minimum absolute atomic E-state index is 0.174. The number of nitrogens with zero attached hydrogens (tertiary/aromatic N) is 1. The lowest BCUT2D eigenvalue weighted by molar-refractivity contribution is 0.0948. The van der Waals surface area contributed by atoms with Crippen LogP contribution in [0.4, 0.5) is 5.69 Å². The number of benzene rings is 2. The molecule has 1 heterocycles. The monoisotopic (exact) mass is 365 g/mol. The van der Waals surface area contributed by atoms with Crippen molar-refractivity contribution in [1.82, 2.24) is 5.32 Å². The number of nitrogens with one attached hydrogen (secondary N) is 2. The lowest BCUT2D eigenvalue weighted by atomic mass is 10.1. The smallest absolute Gasteiger partial charge is 0.251 e. The summed E-state index contributed by atoms with van der Waals surface area (Å²) >= 11 is 5.91. The van der Waals surface area contributed by atoms with Gasteiger partial charge in [-0.2, -0.15) is 5.26 Å². The highest BCUT2D eigenvalue weighted by atomic mass is 35.5. The summed E-state index contributed by atoms with van der Waals surface area (Å²) in [4.78, 5) is 12.3. The van der Waals surface area contributed by atoms with Gasteiger partial charge in [0.15, 0.2) is 0 Å². The zero-order chi connectivity index (χ0) is 18.4. The molecular weight excluding hydrogens is 350 g/mol. The predicted molar refractivity (Wildman–Crippen MR) is 99.8 cm³/mol. The molecule has 0 aliphatic heterocycles. The van der Waals surface area contributed by atoms with E-state index in [1.807, 2.05) is 18.2 Å². The lowest BCUT2D eigenvalue weighted by Gasteiger charge is -2.10. The van der Waals surface area contributed by atoms with E-state index < -0.39 is 0 Å². The topological polar surface area (TPSA) is 78.1 Å². The number of amides is 1. The maximum atomic E-state index is 12.3. The molecule has 0 unspecified atom stereocenters. The number of hydrogen-bond acceptors (Lipinski definition) is 4. The molecule has 0 aliphatic rings. The fourth-order valence-electron chi connectivity index (χ4n) is 2.47. The van der Waals surface area contributed by atoms with Crippen LogP contribution in [0.5, 0.6) is 0 Å². The van der Waals surface area contributed by atoms with Crippen molar-refractivity contribution in [2.75, 3.05) is 5.32 Å². The van der Waals surface area contributed by atoms with Crippen LogP contribution in [0.25, 0.3) is 0 Å². The van der Waals surface area contributed by atoms with Crippen LogP contribution in [0.3, 0.4) is 0 Å². The molecule has 0 spiro atoms. The molecule has 0 saturated carbocycles. The predicted octanol–water partition coefficient (Wildman–Crippen LogP) is 4.35. The molecular formula is C20H16ClN3O2. The maximum Gasteiger partial charge on any atom is 0.251 e. The highest BCUT2D eigenvalue weighted by Crippen LogP contribution is 2.20. The Morgan fingerprint density at radius 3 is 2.77 bits per heavy atom. The summed E-state index contributed by atoms with van der Waals surface area (Å²) in [6.07, 6.45) is 1.57. The van der Waals surface area contributed by atoms with Gasteiger partial charge in [0.05, 0.1) is 24.1 Å². The minimum atomic E-state index is -0.174. The highest BCUT2D eigenvalue weighted by molar-refractivity contribution is 6.30.